The van der Waals surface area contributed by atoms with E-state index in [-0.39, 0.29) is 6.04 Å². The number of aromatic nitrogens is 1. The maximum atomic E-state index is 11.9. The molecule has 1 fully saturated rings. The second kappa shape index (κ2) is 9.39. The fourth-order valence-corrected chi connectivity index (χ4v) is 3.31. The van der Waals surface area contributed by atoms with Crippen LogP contribution in [0.4, 0.5) is 0 Å². The molecular weight excluding hydrogens is 342 g/mol. The molecule has 3 rings (SSSR count). The van der Waals surface area contributed by atoms with Crippen LogP contribution < -0.4 is 10.1 Å². The molecule has 27 heavy (non-hydrogen) atoms. The summed E-state index contributed by atoms with van der Waals surface area (Å²) in [7, 11) is 0. The van der Waals surface area contributed by atoms with Gasteiger partial charge in [0.05, 0.1) is 12.1 Å². The Morgan fingerprint density at radius 2 is 2.11 bits per heavy atom. The number of hydrogen-bond donors (Lipinski definition) is 1. The number of nitrogens with one attached hydrogen (secondary N) is 1. The van der Waals surface area contributed by atoms with Crippen LogP contribution in [0.3, 0.4) is 0 Å². The minimum Gasteiger partial charge on any atom is -0.492 e. The summed E-state index contributed by atoms with van der Waals surface area (Å²) in [5.74, 6) is 0.316. The van der Waals surface area contributed by atoms with Gasteiger partial charge in [0.25, 0.3) is 0 Å². The number of carbonyl (C=O) groups is 2. The monoisotopic (exact) mass is 367 g/mol. The molecule has 6 nitrogen and oxygen atoms in total. The Kier molecular flexibility index (Phi) is 6.68. The molecule has 0 bridgehead atoms. The molecule has 1 aliphatic rings. The van der Waals surface area contributed by atoms with Crippen LogP contribution in [0.15, 0.2) is 48.8 Å². The number of hydrogen-bond acceptors (Lipinski definition) is 6. The van der Waals surface area contributed by atoms with E-state index < -0.39 is 11.8 Å². The Balaban J connectivity index is 1.65. The van der Waals surface area contributed by atoms with Crippen molar-refractivity contribution in [2.75, 3.05) is 19.8 Å². The van der Waals surface area contributed by atoms with Gasteiger partial charge in [-0.15, -0.1) is 0 Å². The number of unbranched alkanes of at least 4 members (excludes halogenated alkanes) is 1. The Bertz CT molecular complexity index is 749. The summed E-state index contributed by atoms with van der Waals surface area (Å²) in [5.41, 5.74) is 2.11. The zero-order chi connectivity index (χ0) is 19.1. The molecule has 2 heterocycles. The number of pyridine rings is 1. The number of aldehydes is 1. The first-order valence-corrected chi connectivity index (χ1v) is 9.32. The molecule has 6 heteroatoms. The smallest absolute Gasteiger partial charge is 0.213 e. The van der Waals surface area contributed by atoms with Gasteiger partial charge < -0.3 is 4.74 Å². The lowest BCUT2D eigenvalue weighted by Gasteiger charge is -2.25. The predicted octanol–water partition coefficient (Wildman–Crippen LogP) is 2.30. The van der Waals surface area contributed by atoms with Crippen molar-refractivity contribution in [3.8, 4) is 16.9 Å². The van der Waals surface area contributed by atoms with Gasteiger partial charge in [0.15, 0.2) is 6.29 Å². The van der Waals surface area contributed by atoms with Crippen LogP contribution in [-0.4, -0.2) is 53.9 Å². The fraction of sp³-hybridized carbons (Fsp3) is 0.381. The van der Waals surface area contributed by atoms with Gasteiger partial charge in [-0.05, 0) is 42.3 Å². The molecule has 1 aromatic carbocycles. The molecule has 1 N–H and O–H groups in total. The second-order valence-corrected chi connectivity index (χ2v) is 6.67. The molecule has 1 saturated heterocycles. The quantitative estimate of drug-likeness (QED) is 0.542. The summed E-state index contributed by atoms with van der Waals surface area (Å²) in [6.07, 6.45) is 6.09. The highest BCUT2D eigenvalue weighted by Gasteiger charge is 2.38. The van der Waals surface area contributed by atoms with Crippen LogP contribution in [-0.2, 0) is 9.59 Å². The van der Waals surface area contributed by atoms with Crippen LogP contribution in [0, 0.1) is 0 Å². The van der Waals surface area contributed by atoms with E-state index in [1.807, 2.05) is 42.6 Å². The van der Waals surface area contributed by atoms with E-state index in [1.54, 1.807) is 6.20 Å². The Morgan fingerprint density at radius 3 is 2.78 bits per heavy atom. The molecule has 0 aliphatic carbocycles. The van der Waals surface area contributed by atoms with E-state index in [1.165, 1.54) is 0 Å². The van der Waals surface area contributed by atoms with Crippen LogP contribution in [0.5, 0.6) is 5.75 Å². The van der Waals surface area contributed by atoms with Gasteiger partial charge in [0.2, 0.25) is 5.78 Å². The number of rotatable bonds is 9. The minimum atomic E-state index is -0.506. The summed E-state index contributed by atoms with van der Waals surface area (Å²) < 4.78 is 5.95. The summed E-state index contributed by atoms with van der Waals surface area (Å²) in [6, 6.07) is 11.1. The third-order valence-corrected chi connectivity index (χ3v) is 4.86. The number of nitrogens with zero attached hydrogens (tertiary/aromatic N) is 2. The first kappa shape index (κ1) is 19.2. The largest absolute Gasteiger partial charge is 0.492 e. The number of Topliss-reactive ketones (excluding diaryl/α,β-unsaturated/α-hetero) is 1. The van der Waals surface area contributed by atoms with E-state index in [0.29, 0.717) is 19.6 Å². The maximum absolute atomic E-state index is 11.9. The molecule has 142 valence electrons. The molecule has 2 atom stereocenters. The lowest BCUT2D eigenvalue weighted by Crippen LogP contribution is -2.46. The molecule has 2 aromatic rings. The lowest BCUT2D eigenvalue weighted by molar-refractivity contribution is -0.131. The van der Waals surface area contributed by atoms with E-state index in [0.717, 1.165) is 36.3 Å². The van der Waals surface area contributed by atoms with Crippen molar-refractivity contribution in [2.45, 2.75) is 31.8 Å². The molecule has 0 saturated carbocycles. The van der Waals surface area contributed by atoms with E-state index in [2.05, 4.69) is 22.1 Å². The highest BCUT2D eigenvalue weighted by molar-refractivity contribution is 6.27. The minimum absolute atomic E-state index is 0.146. The third-order valence-electron chi connectivity index (χ3n) is 4.86. The van der Waals surface area contributed by atoms with Gasteiger partial charge in [0, 0.05) is 19.1 Å². The average molecular weight is 367 g/mol. The van der Waals surface area contributed by atoms with Crippen molar-refractivity contribution >= 4 is 12.1 Å². The summed E-state index contributed by atoms with van der Waals surface area (Å²) in [4.78, 5) is 29.2. The van der Waals surface area contributed by atoms with Gasteiger partial charge in [-0.1, -0.05) is 31.5 Å². The van der Waals surface area contributed by atoms with Crippen molar-refractivity contribution < 1.29 is 14.3 Å². The normalized spacial score (nSPS) is 19.7. The third kappa shape index (κ3) is 4.78. The van der Waals surface area contributed by atoms with Crippen molar-refractivity contribution in [1.82, 2.24) is 15.2 Å². The topological polar surface area (TPSA) is 71.5 Å². The van der Waals surface area contributed by atoms with Crippen molar-refractivity contribution in [3.05, 3.63) is 48.8 Å². The van der Waals surface area contributed by atoms with Crippen LogP contribution in [0.25, 0.3) is 11.1 Å². The maximum Gasteiger partial charge on any atom is 0.213 e. The first-order chi connectivity index (χ1) is 13.2. The summed E-state index contributed by atoms with van der Waals surface area (Å²) in [5, 5.41) is 3.14. The Morgan fingerprint density at radius 1 is 1.30 bits per heavy atom. The number of ketones is 1. The van der Waals surface area contributed by atoms with Gasteiger partial charge in [-0.3, -0.25) is 24.8 Å². The van der Waals surface area contributed by atoms with E-state index >= 15 is 0 Å². The lowest BCUT2D eigenvalue weighted by atomic mass is 10.1. The number of ether oxygens (including phenoxy) is 1. The molecule has 0 radical (unpaired) electrons. The SMILES string of the molecule is CCCCN1CNC(C(=O)C=O)C1COc1ccc(-c2cccnc2)cc1. The molecule has 1 aromatic heterocycles. The highest BCUT2D eigenvalue weighted by Crippen LogP contribution is 2.22. The van der Waals surface area contributed by atoms with Crippen molar-refractivity contribution in [2.24, 2.45) is 0 Å². The summed E-state index contributed by atoms with van der Waals surface area (Å²) >= 11 is 0. The van der Waals surface area contributed by atoms with Crippen molar-refractivity contribution in [3.63, 3.8) is 0 Å². The number of carbonyl (C=O) groups excluding carboxylic acids is 2. The molecule has 0 spiro atoms. The van der Waals surface area contributed by atoms with Crippen LogP contribution >= 0.6 is 0 Å². The average Bonchev–Trinajstić information content (AvgIpc) is 3.14. The first-order valence-electron chi connectivity index (χ1n) is 9.32. The second-order valence-electron chi connectivity index (χ2n) is 6.67. The van der Waals surface area contributed by atoms with Gasteiger partial charge >= 0.3 is 0 Å². The zero-order valence-corrected chi connectivity index (χ0v) is 15.5. The Labute approximate surface area is 159 Å². The number of benzene rings is 1. The molecule has 0 amide bonds. The van der Waals surface area contributed by atoms with Gasteiger partial charge in [-0.25, -0.2) is 0 Å². The predicted molar refractivity (Wildman–Crippen MR) is 103 cm³/mol. The van der Waals surface area contributed by atoms with Gasteiger partial charge in [-0.2, -0.15) is 0 Å². The molecular formula is C21H25N3O3. The molecule has 1 aliphatic heterocycles. The van der Waals surface area contributed by atoms with E-state index in [9.17, 15) is 9.59 Å². The highest BCUT2D eigenvalue weighted by atomic mass is 16.5. The molecule has 2 unspecified atom stereocenters. The summed E-state index contributed by atoms with van der Waals surface area (Å²) in [6.45, 7) is 3.96. The Hall–Kier alpha value is -2.57. The van der Waals surface area contributed by atoms with Crippen LogP contribution in [0.2, 0.25) is 0 Å². The van der Waals surface area contributed by atoms with Gasteiger partial charge in [0.1, 0.15) is 12.4 Å². The van der Waals surface area contributed by atoms with E-state index in [4.69, 9.17) is 4.74 Å². The zero-order valence-electron chi connectivity index (χ0n) is 15.5. The van der Waals surface area contributed by atoms with Crippen molar-refractivity contribution in [1.29, 1.82) is 0 Å². The van der Waals surface area contributed by atoms with Crippen LogP contribution in [0.1, 0.15) is 19.8 Å². The standard InChI is InChI=1S/C21H25N3O3/c1-2-3-11-24-15-23-21(20(26)13-25)19(24)14-27-18-8-6-16(7-9-18)17-5-4-10-22-12-17/h4-10,12-13,19,21,23H,2-3,11,14-15H2,1H3. The fourth-order valence-electron chi connectivity index (χ4n) is 3.31.